The first-order valence-electron chi connectivity index (χ1n) is 5.48. The predicted molar refractivity (Wildman–Crippen MR) is 69.3 cm³/mol. The molecule has 0 aliphatic heterocycles. The van der Waals surface area contributed by atoms with Gasteiger partial charge in [-0.2, -0.15) is 0 Å². The van der Waals surface area contributed by atoms with Crippen LogP contribution in [0.4, 0.5) is 0 Å². The summed E-state index contributed by atoms with van der Waals surface area (Å²) < 4.78 is 5.07. The first-order chi connectivity index (χ1) is 8.06. The number of nitrogens with two attached hydrogens (primary N) is 1. The monoisotopic (exact) mass is 255 g/mol. The van der Waals surface area contributed by atoms with Crippen molar-refractivity contribution in [3.05, 3.63) is 23.7 Å². The van der Waals surface area contributed by atoms with Gasteiger partial charge in [-0.25, -0.2) is 0 Å². The molecule has 17 heavy (non-hydrogen) atoms. The van der Waals surface area contributed by atoms with E-state index in [0.29, 0.717) is 17.9 Å². The molecule has 0 unspecified atom stereocenters. The van der Waals surface area contributed by atoms with Crippen LogP contribution in [0.3, 0.4) is 0 Å². The lowest BCUT2D eigenvalue weighted by Gasteiger charge is -2.22. The van der Waals surface area contributed by atoms with E-state index in [1.165, 1.54) is 11.3 Å². The van der Waals surface area contributed by atoms with Crippen LogP contribution >= 0.6 is 12.2 Å². The minimum absolute atomic E-state index is 0.160. The van der Waals surface area contributed by atoms with Crippen LogP contribution in [0.25, 0.3) is 0 Å². The van der Waals surface area contributed by atoms with Crippen molar-refractivity contribution >= 4 is 23.2 Å². The summed E-state index contributed by atoms with van der Waals surface area (Å²) in [4.78, 5) is 11.9. The van der Waals surface area contributed by atoms with Gasteiger partial charge in [0, 0.05) is 6.54 Å². The fourth-order valence-electron chi connectivity index (χ4n) is 1.34. The lowest BCUT2D eigenvalue weighted by Crippen LogP contribution is -2.49. The third-order valence-corrected chi connectivity index (χ3v) is 2.56. The molecule has 6 heteroatoms. The SMILES string of the molecule is CCCCN(NC(=O)c1ccoc1C)C(N)=S. The molecular weight excluding hydrogens is 238 g/mol. The topological polar surface area (TPSA) is 71.5 Å². The summed E-state index contributed by atoms with van der Waals surface area (Å²) in [6.07, 6.45) is 3.38. The van der Waals surface area contributed by atoms with Crippen molar-refractivity contribution in [2.45, 2.75) is 26.7 Å². The van der Waals surface area contributed by atoms with Crippen LogP contribution in [-0.2, 0) is 0 Å². The molecule has 1 rings (SSSR count). The summed E-state index contributed by atoms with van der Waals surface area (Å²) in [5.41, 5.74) is 8.69. The van der Waals surface area contributed by atoms with Crippen molar-refractivity contribution in [1.29, 1.82) is 0 Å². The van der Waals surface area contributed by atoms with Crippen molar-refractivity contribution in [2.24, 2.45) is 5.73 Å². The van der Waals surface area contributed by atoms with Gasteiger partial charge < -0.3 is 10.2 Å². The molecule has 94 valence electrons. The van der Waals surface area contributed by atoms with E-state index in [1.54, 1.807) is 13.0 Å². The number of unbranched alkanes of at least 4 members (excludes halogenated alkanes) is 1. The maximum Gasteiger partial charge on any atom is 0.273 e. The highest BCUT2D eigenvalue weighted by Gasteiger charge is 2.15. The Morgan fingerprint density at radius 1 is 1.65 bits per heavy atom. The van der Waals surface area contributed by atoms with Gasteiger partial charge in [0.1, 0.15) is 5.76 Å². The van der Waals surface area contributed by atoms with E-state index in [9.17, 15) is 4.79 Å². The quantitative estimate of drug-likeness (QED) is 0.631. The van der Waals surface area contributed by atoms with Crippen LogP contribution in [0.2, 0.25) is 0 Å². The highest BCUT2D eigenvalue weighted by atomic mass is 32.1. The van der Waals surface area contributed by atoms with Gasteiger partial charge in [0.2, 0.25) is 0 Å². The molecule has 0 aliphatic carbocycles. The number of amides is 1. The van der Waals surface area contributed by atoms with E-state index in [1.807, 2.05) is 0 Å². The summed E-state index contributed by atoms with van der Waals surface area (Å²) in [7, 11) is 0. The number of nitrogens with zero attached hydrogens (tertiary/aromatic N) is 1. The minimum Gasteiger partial charge on any atom is -0.469 e. The number of hydrazine groups is 1. The zero-order valence-corrected chi connectivity index (χ0v) is 10.8. The highest BCUT2D eigenvalue weighted by molar-refractivity contribution is 7.80. The van der Waals surface area contributed by atoms with Crippen molar-refractivity contribution in [3.8, 4) is 0 Å². The first kappa shape index (κ1) is 13.5. The summed E-state index contributed by atoms with van der Waals surface area (Å²) >= 11 is 4.88. The molecule has 1 aromatic rings. The predicted octanol–water partition coefficient (Wildman–Crippen LogP) is 1.58. The van der Waals surface area contributed by atoms with E-state index in [2.05, 4.69) is 12.3 Å². The zero-order valence-electron chi connectivity index (χ0n) is 10.0. The average molecular weight is 255 g/mol. The second kappa shape index (κ2) is 6.24. The lowest BCUT2D eigenvalue weighted by atomic mass is 10.2. The summed E-state index contributed by atoms with van der Waals surface area (Å²) in [6, 6.07) is 1.61. The number of aryl methyl sites for hydroxylation is 1. The standard InChI is InChI=1S/C11H17N3O2S/c1-3-4-6-14(11(12)17)13-10(15)9-5-7-16-8(9)2/h5,7H,3-4,6H2,1-2H3,(H2,12,17)(H,13,15). The maximum atomic E-state index is 11.9. The Morgan fingerprint density at radius 2 is 2.35 bits per heavy atom. The number of nitrogens with one attached hydrogen (secondary N) is 1. The fraction of sp³-hybridized carbons (Fsp3) is 0.455. The second-order valence-corrected chi connectivity index (χ2v) is 4.09. The van der Waals surface area contributed by atoms with Crippen molar-refractivity contribution in [1.82, 2.24) is 10.4 Å². The fourth-order valence-corrected chi connectivity index (χ4v) is 1.48. The van der Waals surface area contributed by atoms with Gasteiger partial charge in [-0.1, -0.05) is 13.3 Å². The van der Waals surface area contributed by atoms with Gasteiger partial charge in [-0.05, 0) is 31.6 Å². The maximum absolute atomic E-state index is 11.9. The normalized spacial score (nSPS) is 10.0. The molecule has 0 atom stereocenters. The lowest BCUT2D eigenvalue weighted by molar-refractivity contribution is 0.0868. The molecular formula is C11H17N3O2S. The minimum atomic E-state index is -0.264. The first-order valence-corrected chi connectivity index (χ1v) is 5.89. The summed E-state index contributed by atoms with van der Waals surface area (Å²) in [6.45, 7) is 4.39. The molecule has 1 aromatic heterocycles. The van der Waals surface area contributed by atoms with Crippen LogP contribution in [0.1, 0.15) is 35.9 Å². The van der Waals surface area contributed by atoms with Crippen LogP contribution in [0.15, 0.2) is 16.7 Å². The van der Waals surface area contributed by atoms with E-state index in [4.69, 9.17) is 22.4 Å². The second-order valence-electron chi connectivity index (χ2n) is 3.67. The largest absolute Gasteiger partial charge is 0.469 e. The van der Waals surface area contributed by atoms with Gasteiger partial charge >= 0.3 is 0 Å². The average Bonchev–Trinajstić information content (AvgIpc) is 2.70. The molecule has 0 aromatic carbocycles. The number of thiocarbonyl (C=S) groups is 1. The summed E-state index contributed by atoms with van der Waals surface area (Å²) in [5.74, 6) is 0.307. The van der Waals surface area contributed by atoms with Gasteiger partial charge in [-0.3, -0.25) is 15.2 Å². The molecule has 0 spiro atoms. The number of furan rings is 1. The van der Waals surface area contributed by atoms with Crippen LogP contribution in [0.5, 0.6) is 0 Å². The van der Waals surface area contributed by atoms with Gasteiger partial charge in [0.05, 0.1) is 11.8 Å². The Morgan fingerprint density at radius 3 is 2.82 bits per heavy atom. The van der Waals surface area contributed by atoms with Gasteiger partial charge in [0.15, 0.2) is 5.11 Å². The molecule has 0 radical (unpaired) electrons. The summed E-state index contributed by atoms with van der Waals surface area (Å²) in [5, 5.41) is 1.64. The van der Waals surface area contributed by atoms with Crippen LogP contribution in [0, 0.1) is 6.92 Å². The Hall–Kier alpha value is -1.56. The number of hydrogen-bond donors (Lipinski definition) is 2. The molecule has 3 N–H and O–H groups in total. The molecule has 5 nitrogen and oxygen atoms in total. The number of carbonyl (C=O) groups is 1. The Bertz CT molecular complexity index is 403. The number of hydrogen-bond acceptors (Lipinski definition) is 3. The van der Waals surface area contributed by atoms with Crippen LogP contribution < -0.4 is 11.2 Å². The Balaban J connectivity index is 2.64. The third kappa shape index (κ3) is 3.74. The smallest absolute Gasteiger partial charge is 0.273 e. The van der Waals surface area contributed by atoms with Crippen molar-refractivity contribution in [2.75, 3.05) is 6.54 Å². The number of carbonyl (C=O) groups excluding carboxylic acids is 1. The zero-order chi connectivity index (χ0) is 12.8. The number of rotatable bonds is 4. The molecule has 0 saturated heterocycles. The Labute approximate surface area is 106 Å². The highest BCUT2D eigenvalue weighted by Crippen LogP contribution is 2.08. The van der Waals surface area contributed by atoms with E-state index >= 15 is 0 Å². The van der Waals surface area contributed by atoms with Crippen LogP contribution in [-0.4, -0.2) is 22.6 Å². The molecule has 0 bridgehead atoms. The van der Waals surface area contributed by atoms with E-state index < -0.39 is 0 Å². The molecule has 0 fully saturated rings. The van der Waals surface area contributed by atoms with Gasteiger partial charge in [0.25, 0.3) is 5.91 Å². The molecule has 0 saturated carbocycles. The van der Waals surface area contributed by atoms with Gasteiger partial charge in [-0.15, -0.1) is 0 Å². The molecule has 0 aliphatic rings. The van der Waals surface area contributed by atoms with E-state index in [-0.39, 0.29) is 11.0 Å². The molecule has 1 amide bonds. The van der Waals surface area contributed by atoms with Crippen molar-refractivity contribution < 1.29 is 9.21 Å². The Kier molecular flexibility index (Phi) is 4.96. The van der Waals surface area contributed by atoms with Crippen molar-refractivity contribution in [3.63, 3.8) is 0 Å². The third-order valence-electron chi connectivity index (χ3n) is 2.34. The van der Waals surface area contributed by atoms with E-state index in [0.717, 1.165) is 12.8 Å². The molecule has 1 heterocycles.